The molecule has 19 heavy (non-hydrogen) atoms. The Hall–Kier alpha value is -1.92. The van der Waals surface area contributed by atoms with Gasteiger partial charge < -0.3 is 9.64 Å². The number of carbonyl (C=O) groups is 3. The summed E-state index contributed by atoms with van der Waals surface area (Å²) in [4.78, 5) is 36.5. The first-order valence-electron chi connectivity index (χ1n) is 6.37. The molecule has 0 spiro atoms. The van der Waals surface area contributed by atoms with E-state index in [4.69, 9.17) is 4.74 Å². The molecule has 104 valence electrons. The smallest absolute Gasteiger partial charge is 0.328 e. The molecule has 1 atom stereocenters. The fourth-order valence-corrected chi connectivity index (χ4v) is 2.35. The van der Waals surface area contributed by atoms with Crippen molar-refractivity contribution in [1.29, 1.82) is 0 Å². The first-order valence-corrected chi connectivity index (χ1v) is 6.37. The van der Waals surface area contributed by atoms with Gasteiger partial charge in [0.25, 0.3) is 5.91 Å². The maximum Gasteiger partial charge on any atom is 0.328 e. The topological polar surface area (TPSA) is 88.1 Å². The largest absolute Gasteiger partial charge is 0.467 e. The third-order valence-corrected chi connectivity index (χ3v) is 3.39. The second-order valence-corrected chi connectivity index (χ2v) is 4.63. The molecule has 0 aromatic rings. The van der Waals surface area contributed by atoms with Gasteiger partial charge in [0, 0.05) is 19.4 Å². The molecular weight excluding hydrogens is 250 g/mol. The van der Waals surface area contributed by atoms with Gasteiger partial charge in [-0.2, -0.15) is 5.10 Å². The summed E-state index contributed by atoms with van der Waals surface area (Å²) >= 11 is 0. The number of likely N-dealkylation sites (tertiary alicyclic amines) is 1. The van der Waals surface area contributed by atoms with E-state index < -0.39 is 12.0 Å². The average Bonchev–Trinajstić information content (AvgIpc) is 2.46. The van der Waals surface area contributed by atoms with Crippen molar-refractivity contribution in [1.82, 2.24) is 10.3 Å². The molecule has 2 aliphatic heterocycles. The minimum atomic E-state index is -0.536. The minimum absolute atomic E-state index is 0.195. The number of piperidine rings is 1. The SMILES string of the molecule is COC(=O)C1CCCCN1C(=O)C1=NNC(=O)CC1. The van der Waals surface area contributed by atoms with Gasteiger partial charge in [-0.05, 0) is 19.3 Å². The molecule has 1 fully saturated rings. The van der Waals surface area contributed by atoms with Crippen LogP contribution in [0.4, 0.5) is 0 Å². The standard InChI is InChI=1S/C12H17N3O4/c1-19-12(18)9-4-2-3-7-15(9)11(17)8-5-6-10(16)14-13-8/h9H,2-7H2,1H3,(H,14,16). The number of hydrogen-bond donors (Lipinski definition) is 1. The van der Waals surface area contributed by atoms with Crippen LogP contribution in [0.3, 0.4) is 0 Å². The predicted molar refractivity (Wildman–Crippen MR) is 66.2 cm³/mol. The van der Waals surface area contributed by atoms with Gasteiger partial charge in [0.05, 0.1) is 7.11 Å². The van der Waals surface area contributed by atoms with Gasteiger partial charge >= 0.3 is 5.97 Å². The third-order valence-electron chi connectivity index (χ3n) is 3.39. The zero-order chi connectivity index (χ0) is 13.8. The van der Waals surface area contributed by atoms with Gasteiger partial charge in [0.2, 0.25) is 5.91 Å². The predicted octanol–water partition coefficient (Wildman–Crippen LogP) is -0.194. The first kappa shape index (κ1) is 13.5. The average molecular weight is 267 g/mol. The molecule has 7 nitrogen and oxygen atoms in total. The Balaban J connectivity index is 2.11. The Morgan fingerprint density at radius 2 is 2.16 bits per heavy atom. The summed E-state index contributed by atoms with van der Waals surface area (Å²) < 4.78 is 4.73. The molecule has 7 heteroatoms. The van der Waals surface area contributed by atoms with E-state index in [-0.39, 0.29) is 18.2 Å². The number of ether oxygens (including phenoxy) is 1. The van der Waals surface area contributed by atoms with Crippen LogP contribution in [0.2, 0.25) is 0 Å². The summed E-state index contributed by atoms with van der Waals surface area (Å²) in [5.74, 6) is -0.872. The van der Waals surface area contributed by atoms with Crippen LogP contribution in [0.1, 0.15) is 32.1 Å². The fraction of sp³-hybridized carbons (Fsp3) is 0.667. The number of hydrogen-bond acceptors (Lipinski definition) is 5. The summed E-state index contributed by atoms with van der Waals surface area (Å²) in [5, 5.41) is 3.78. The second kappa shape index (κ2) is 5.81. The third kappa shape index (κ3) is 2.91. The van der Waals surface area contributed by atoms with Crippen LogP contribution in [0, 0.1) is 0 Å². The van der Waals surface area contributed by atoms with Gasteiger partial charge in [-0.1, -0.05) is 0 Å². The molecule has 0 bridgehead atoms. The number of esters is 1. The fourth-order valence-electron chi connectivity index (χ4n) is 2.35. The summed E-state index contributed by atoms with van der Waals surface area (Å²) in [6.07, 6.45) is 2.93. The van der Waals surface area contributed by atoms with E-state index in [1.54, 1.807) is 0 Å². The van der Waals surface area contributed by atoms with Gasteiger partial charge in [0.1, 0.15) is 11.8 Å². The van der Waals surface area contributed by atoms with Crippen molar-refractivity contribution in [3.05, 3.63) is 0 Å². The zero-order valence-corrected chi connectivity index (χ0v) is 10.8. The highest BCUT2D eigenvalue weighted by Gasteiger charge is 2.35. The van der Waals surface area contributed by atoms with E-state index in [1.165, 1.54) is 12.0 Å². The van der Waals surface area contributed by atoms with Crippen molar-refractivity contribution < 1.29 is 19.1 Å². The minimum Gasteiger partial charge on any atom is -0.467 e. The highest BCUT2D eigenvalue weighted by molar-refractivity contribution is 6.39. The summed E-state index contributed by atoms with van der Waals surface area (Å²) in [6.45, 7) is 0.519. The van der Waals surface area contributed by atoms with E-state index in [0.717, 1.165) is 12.8 Å². The number of methoxy groups -OCH3 is 1. The molecule has 1 N–H and O–H groups in total. The monoisotopic (exact) mass is 267 g/mol. The number of hydrazone groups is 1. The molecule has 2 aliphatic rings. The quantitative estimate of drug-likeness (QED) is 0.702. The number of rotatable bonds is 2. The molecule has 1 unspecified atom stereocenters. The van der Waals surface area contributed by atoms with Crippen LogP contribution in [-0.2, 0) is 19.1 Å². The van der Waals surface area contributed by atoms with Crippen molar-refractivity contribution in [3.63, 3.8) is 0 Å². The molecule has 0 aromatic carbocycles. The van der Waals surface area contributed by atoms with Crippen LogP contribution in [-0.4, -0.2) is 48.1 Å². The zero-order valence-electron chi connectivity index (χ0n) is 10.8. The van der Waals surface area contributed by atoms with Crippen LogP contribution in [0.25, 0.3) is 0 Å². The number of nitrogens with zero attached hydrogens (tertiary/aromatic N) is 2. The normalized spacial score (nSPS) is 23.4. The highest BCUT2D eigenvalue weighted by atomic mass is 16.5. The maximum absolute atomic E-state index is 12.3. The van der Waals surface area contributed by atoms with E-state index in [0.29, 0.717) is 25.1 Å². The van der Waals surface area contributed by atoms with Crippen LogP contribution in [0.5, 0.6) is 0 Å². The molecular formula is C12H17N3O4. The Morgan fingerprint density at radius 1 is 1.37 bits per heavy atom. The highest BCUT2D eigenvalue weighted by Crippen LogP contribution is 2.19. The maximum atomic E-state index is 12.3. The molecule has 0 saturated carbocycles. The van der Waals surface area contributed by atoms with Crippen molar-refractivity contribution >= 4 is 23.5 Å². The lowest BCUT2D eigenvalue weighted by atomic mass is 10.0. The summed E-state index contributed by atoms with van der Waals surface area (Å²) in [5.41, 5.74) is 2.60. The van der Waals surface area contributed by atoms with E-state index in [2.05, 4.69) is 10.5 Å². The molecule has 2 heterocycles. The van der Waals surface area contributed by atoms with E-state index in [9.17, 15) is 14.4 Å². The lowest BCUT2D eigenvalue weighted by Gasteiger charge is -2.34. The Kier molecular flexibility index (Phi) is 4.13. The van der Waals surface area contributed by atoms with E-state index in [1.807, 2.05) is 0 Å². The first-order chi connectivity index (χ1) is 9.13. The molecule has 0 aromatic heterocycles. The van der Waals surface area contributed by atoms with Crippen LogP contribution >= 0.6 is 0 Å². The van der Waals surface area contributed by atoms with Gasteiger partial charge in [-0.15, -0.1) is 0 Å². The van der Waals surface area contributed by atoms with Crippen molar-refractivity contribution in [2.75, 3.05) is 13.7 Å². The molecule has 2 amide bonds. The Morgan fingerprint density at radius 3 is 2.79 bits per heavy atom. The van der Waals surface area contributed by atoms with Crippen LogP contribution in [0.15, 0.2) is 5.10 Å². The van der Waals surface area contributed by atoms with Crippen molar-refractivity contribution in [2.45, 2.75) is 38.1 Å². The van der Waals surface area contributed by atoms with Gasteiger partial charge in [-0.3, -0.25) is 9.59 Å². The lowest BCUT2D eigenvalue weighted by Crippen LogP contribution is -2.51. The number of amides is 2. The van der Waals surface area contributed by atoms with Crippen LogP contribution < -0.4 is 5.43 Å². The number of nitrogens with one attached hydrogen (secondary N) is 1. The molecule has 2 rings (SSSR count). The Bertz CT molecular complexity index is 433. The number of carbonyl (C=O) groups excluding carboxylic acids is 3. The molecule has 0 radical (unpaired) electrons. The van der Waals surface area contributed by atoms with Crippen molar-refractivity contribution in [2.24, 2.45) is 5.10 Å². The summed E-state index contributed by atoms with van der Waals surface area (Å²) in [6, 6.07) is -0.536. The van der Waals surface area contributed by atoms with E-state index >= 15 is 0 Å². The Labute approximate surface area is 111 Å². The summed E-state index contributed by atoms with van der Waals surface area (Å²) in [7, 11) is 1.32. The second-order valence-electron chi connectivity index (χ2n) is 4.63. The van der Waals surface area contributed by atoms with Gasteiger partial charge in [0.15, 0.2) is 0 Å². The molecule has 0 aliphatic carbocycles. The molecule has 1 saturated heterocycles. The van der Waals surface area contributed by atoms with Gasteiger partial charge in [-0.25, -0.2) is 10.2 Å². The lowest BCUT2D eigenvalue weighted by molar-refractivity contribution is -0.152. The van der Waals surface area contributed by atoms with Crippen molar-refractivity contribution in [3.8, 4) is 0 Å².